The van der Waals surface area contributed by atoms with Gasteiger partial charge in [-0.1, -0.05) is 72.8 Å². The molecule has 3 aromatic rings. The average molecular weight is 398 g/mol. The van der Waals surface area contributed by atoms with Gasteiger partial charge >= 0.3 is 0 Å². The molecule has 0 aliphatic carbocycles. The number of hydrogen-bond acceptors (Lipinski definition) is 3. The molecule has 0 radical (unpaired) electrons. The van der Waals surface area contributed by atoms with Crippen LogP contribution in [-0.4, -0.2) is 24.9 Å². The molecule has 5 heteroatoms. The van der Waals surface area contributed by atoms with E-state index in [1.54, 1.807) is 18.2 Å². The van der Waals surface area contributed by atoms with Crippen molar-refractivity contribution < 1.29 is 14.3 Å². The lowest BCUT2D eigenvalue weighted by Crippen LogP contribution is -2.44. The molecule has 30 heavy (non-hydrogen) atoms. The Bertz CT molecular complexity index is 1060. The van der Waals surface area contributed by atoms with Gasteiger partial charge in [-0.25, -0.2) is 0 Å². The predicted octanol–water partition coefficient (Wildman–Crippen LogP) is 3.81. The summed E-state index contributed by atoms with van der Waals surface area (Å²) in [7, 11) is 0. The van der Waals surface area contributed by atoms with Gasteiger partial charge in [0.05, 0.1) is 5.69 Å². The monoisotopic (exact) mass is 398 g/mol. The lowest BCUT2D eigenvalue weighted by atomic mass is 10.1. The molecule has 0 saturated carbocycles. The highest BCUT2D eigenvalue weighted by Crippen LogP contribution is 2.35. The van der Waals surface area contributed by atoms with Crippen LogP contribution >= 0.6 is 0 Å². The third kappa shape index (κ3) is 4.58. The molecule has 0 atom stereocenters. The Morgan fingerprint density at radius 3 is 2.33 bits per heavy atom. The van der Waals surface area contributed by atoms with Crippen molar-refractivity contribution in [1.29, 1.82) is 0 Å². The maximum Gasteiger partial charge on any atom is 0.294 e. The minimum absolute atomic E-state index is 0.0693. The Hall–Kier alpha value is -3.86. The smallest absolute Gasteiger partial charge is 0.294 e. The van der Waals surface area contributed by atoms with Gasteiger partial charge < -0.3 is 10.1 Å². The van der Waals surface area contributed by atoms with Crippen LogP contribution in [0.5, 0.6) is 5.75 Å². The Kier molecular flexibility index (Phi) is 5.90. The molecule has 2 amide bonds. The maximum absolute atomic E-state index is 13.1. The largest absolute Gasteiger partial charge is 0.449 e. The molecule has 0 saturated heterocycles. The zero-order chi connectivity index (χ0) is 20.8. The number of anilines is 1. The van der Waals surface area contributed by atoms with E-state index < -0.39 is 0 Å². The van der Waals surface area contributed by atoms with Crippen LogP contribution in [0.4, 0.5) is 5.69 Å². The van der Waals surface area contributed by atoms with Gasteiger partial charge in [0.2, 0.25) is 5.91 Å². The second kappa shape index (κ2) is 9.09. The molecule has 1 N–H and O–H groups in total. The highest BCUT2D eigenvalue weighted by Gasteiger charge is 2.31. The second-order valence-corrected chi connectivity index (χ2v) is 6.97. The molecule has 1 aliphatic rings. The number of amides is 2. The van der Waals surface area contributed by atoms with Gasteiger partial charge in [-0.3, -0.25) is 14.5 Å². The summed E-state index contributed by atoms with van der Waals surface area (Å²) in [6.07, 6.45) is 2.43. The van der Waals surface area contributed by atoms with Gasteiger partial charge in [-0.05, 0) is 35.8 Å². The van der Waals surface area contributed by atoms with E-state index in [4.69, 9.17) is 4.74 Å². The van der Waals surface area contributed by atoms with Gasteiger partial charge in [0.15, 0.2) is 11.5 Å². The molecule has 0 bridgehead atoms. The number of benzene rings is 3. The van der Waals surface area contributed by atoms with Crippen molar-refractivity contribution in [2.45, 2.75) is 6.42 Å². The molecule has 150 valence electrons. The van der Waals surface area contributed by atoms with Gasteiger partial charge in [-0.15, -0.1) is 0 Å². The molecule has 0 fully saturated rings. The summed E-state index contributed by atoms with van der Waals surface area (Å²) in [6.45, 7) is 0.440. The van der Waals surface area contributed by atoms with Crippen LogP contribution in [0.15, 0.2) is 90.7 Å². The molecule has 1 aliphatic heterocycles. The summed E-state index contributed by atoms with van der Waals surface area (Å²) >= 11 is 0. The summed E-state index contributed by atoms with van der Waals surface area (Å²) in [5.41, 5.74) is 2.59. The Labute approximate surface area is 175 Å². The molecule has 5 nitrogen and oxygen atoms in total. The van der Waals surface area contributed by atoms with Crippen LogP contribution in [0.25, 0.3) is 6.08 Å². The summed E-state index contributed by atoms with van der Waals surface area (Å²) in [6, 6.07) is 26.7. The van der Waals surface area contributed by atoms with Crippen LogP contribution in [0, 0.1) is 0 Å². The van der Waals surface area contributed by atoms with Crippen molar-refractivity contribution in [3.8, 4) is 5.75 Å². The molecule has 3 aromatic carbocycles. The first-order chi connectivity index (χ1) is 14.7. The topological polar surface area (TPSA) is 58.6 Å². The zero-order valence-corrected chi connectivity index (χ0v) is 16.5. The molecular formula is C25H22N2O3. The van der Waals surface area contributed by atoms with Crippen molar-refractivity contribution in [3.63, 3.8) is 0 Å². The number of nitrogens with one attached hydrogen (secondary N) is 1. The summed E-state index contributed by atoms with van der Waals surface area (Å²) in [5.74, 6) is 0.194. The van der Waals surface area contributed by atoms with Crippen molar-refractivity contribution in [2.24, 2.45) is 0 Å². The second-order valence-electron chi connectivity index (χ2n) is 6.97. The first-order valence-corrected chi connectivity index (χ1v) is 9.87. The molecular weight excluding hydrogens is 376 g/mol. The van der Waals surface area contributed by atoms with Crippen LogP contribution < -0.4 is 15.0 Å². The van der Waals surface area contributed by atoms with Crippen molar-refractivity contribution >= 4 is 23.6 Å². The number of rotatable bonds is 6. The normalized spacial score (nSPS) is 14.2. The van der Waals surface area contributed by atoms with E-state index in [-0.39, 0.29) is 24.1 Å². The maximum atomic E-state index is 13.1. The highest BCUT2D eigenvalue weighted by molar-refractivity contribution is 6.12. The fourth-order valence-electron chi connectivity index (χ4n) is 3.31. The average Bonchev–Trinajstić information content (AvgIpc) is 2.78. The molecule has 0 spiro atoms. The van der Waals surface area contributed by atoms with Gasteiger partial charge in [0, 0.05) is 6.54 Å². The van der Waals surface area contributed by atoms with Crippen molar-refractivity contribution in [3.05, 3.63) is 102 Å². The predicted molar refractivity (Wildman–Crippen MR) is 117 cm³/mol. The van der Waals surface area contributed by atoms with Gasteiger partial charge in [-0.2, -0.15) is 0 Å². The lowest BCUT2D eigenvalue weighted by molar-refractivity contribution is -0.123. The fraction of sp³-hybridized carbons (Fsp3) is 0.120. The van der Waals surface area contributed by atoms with E-state index in [0.29, 0.717) is 18.0 Å². The number of fused-ring (bicyclic) bond motifs is 1. The zero-order valence-electron chi connectivity index (χ0n) is 16.5. The van der Waals surface area contributed by atoms with Crippen molar-refractivity contribution in [1.82, 2.24) is 5.32 Å². The Morgan fingerprint density at radius 1 is 0.900 bits per heavy atom. The molecule has 0 aromatic heterocycles. The first kappa shape index (κ1) is 19.5. The van der Waals surface area contributed by atoms with Gasteiger partial charge in [0.1, 0.15) is 6.54 Å². The standard InChI is InChI=1S/C25H22N2O3/c28-24(26-16-15-19-9-3-1-4-10-19)18-27-21-13-7-8-14-22(21)30-23(25(27)29)17-20-11-5-2-6-12-20/h1-14,17H,15-16,18H2,(H,26,28). The van der Waals surface area contributed by atoms with Crippen LogP contribution in [0.1, 0.15) is 11.1 Å². The van der Waals surface area contributed by atoms with Gasteiger partial charge in [0.25, 0.3) is 5.91 Å². The minimum Gasteiger partial charge on any atom is -0.449 e. The highest BCUT2D eigenvalue weighted by atomic mass is 16.5. The first-order valence-electron chi connectivity index (χ1n) is 9.87. The summed E-state index contributed by atoms with van der Waals surface area (Å²) in [5, 5.41) is 2.90. The number of nitrogens with zero attached hydrogens (tertiary/aromatic N) is 1. The van der Waals surface area contributed by atoms with E-state index in [1.165, 1.54) is 4.90 Å². The lowest BCUT2D eigenvalue weighted by Gasteiger charge is -2.30. The fourth-order valence-corrected chi connectivity index (χ4v) is 3.31. The molecule has 0 unspecified atom stereocenters. The minimum atomic E-state index is -0.337. The van der Waals surface area contributed by atoms with Crippen LogP contribution in [0.3, 0.4) is 0 Å². The van der Waals surface area contributed by atoms with E-state index in [2.05, 4.69) is 5.32 Å². The number of carbonyl (C=O) groups excluding carboxylic acids is 2. The Morgan fingerprint density at radius 2 is 1.57 bits per heavy atom. The SMILES string of the molecule is O=C(CN1C(=O)C(=Cc2ccccc2)Oc2ccccc21)NCCc1ccccc1. The number of hydrogen-bond donors (Lipinski definition) is 1. The van der Waals surface area contributed by atoms with E-state index in [1.807, 2.05) is 72.8 Å². The van der Waals surface area contributed by atoms with E-state index >= 15 is 0 Å². The summed E-state index contributed by atoms with van der Waals surface area (Å²) < 4.78 is 5.84. The number of para-hydroxylation sites is 2. The van der Waals surface area contributed by atoms with Crippen LogP contribution in [0.2, 0.25) is 0 Å². The van der Waals surface area contributed by atoms with Crippen LogP contribution in [-0.2, 0) is 16.0 Å². The molecule has 1 heterocycles. The van der Waals surface area contributed by atoms with Crippen molar-refractivity contribution in [2.75, 3.05) is 18.0 Å². The molecule has 4 rings (SSSR count). The Balaban J connectivity index is 1.48. The quantitative estimate of drug-likeness (QED) is 0.643. The number of carbonyl (C=O) groups is 2. The summed E-state index contributed by atoms with van der Waals surface area (Å²) in [4.78, 5) is 27.1. The number of ether oxygens (including phenoxy) is 1. The third-order valence-corrected chi connectivity index (χ3v) is 4.81. The van der Waals surface area contributed by atoms with E-state index in [0.717, 1.165) is 17.5 Å². The third-order valence-electron chi connectivity index (χ3n) is 4.81. The van der Waals surface area contributed by atoms with E-state index in [9.17, 15) is 9.59 Å².